The van der Waals surface area contributed by atoms with E-state index in [4.69, 9.17) is 9.47 Å². The standard InChI is InChI=1S/C19H28FN3O3/c1-15-3-4-17(20)11-16(15)12-21-19(24)23-5-2-8-26-18(14-23)13-22-6-9-25-10-7-22/h3-4,11,18H,2,5-10,12-14H2,1H3,(H,21,24)/t18-/m1/s1. The van der Waals surface area contributed by atoms with Crippen molar-refractivity contribution in [1.29, 1.82) is 0 Å². The lowest BCUT2D eigenvalue weighted by Crippen LogP contribution is -2.47. The number of nitrogens with zero attached hydrogens (tertiary/aromatic N) is 2. The molecular weight excluding hydrogens is 337 g/mol. The Labute approximate surface area is 154 Å². The first-order valence-electron chi connectivity index (χ1n) is 9.31. The van der Waals surface area contributed by atoms with Crippen LogP contribution < -0.4 is 5.32 Å². The van der Waals surface area contributed by atoms with E-state index in [2.05, 4.69) is 10.2 Å². The maximum atomic E-state index is 13.4. The van der Waals surface area contributed by atoms with E-state index in [9.17, 15) is 9.18 Å². The predicted octanol–water partition coefficient (Wildman–Crippen LogP) is 1.77. The summed E-state index contributed by atoms with van der Waals surface area (Å²) in [5, 5.41) is 2.92. The Bertz CT molecular complexity index is 608. The fraction of sp³-hybridized carbons (Fsp3) is 0.632. The third kappa shape index (κ3) is 5.40. The van der Waals surface area contributed by atoms with Crippen LogP contribution in [0.5, 0.6) is 0 Å². The lowest BCUT2D eigenvalue weighted by molar-refractivity contribution is -0.0101. The van der Waals surface area contributed by atoms with Crippen molar-refractivity contribution in [1.82, 2.24) is 15.1 Å². The zero-order chi connectivity index (χ0) is 18.4. The number of carbonyl (C=O) groups excluding carboxylic acids is 1. The number of halogens is 1. The van der Waals surface area contributed by atoms with Crippen LogP contribution in [0, 0.1) is 12.7 Å². The summed E-state index contributed by atoms with van der Waals surface area (Å²) in [6.07, 6.45) is 0.837. The normalized spacial score (nSPS) is 22.1. The molecule has 0 bridgehead atoms. The largest absolute Gasteiger partial charge is 0.379 e. The van der Waals surface area contributed by atoms with Gasteiger partial charge in [-0.25, -0.2) is 9.18 Å². The van der Waals surface area contributed by atoms with E-state index >= 15 is 0 Å². The van der Waals surface area contributed by atoms with E-state index in [0.29, 0.717) is 26.2 Å². The summed E-state index contributed by atoms with van der Waals surface area (Å²) < 4.78 is 24.7. The Morgan fingerprint density at radius 2 is 2.08 bits per heavy atom. The molecule has 1 aromatic carbocycles. The van der Waals surface area contributed by atoms with Crippen LogP contribution in [0.2, 0.25) is 0 Å². The highest BCUT2D eigenvalue weighted by Crippen LogP contribution is 2.12. The van der Waals surface area contributed by atoms with Gasteiger partial charge >= 0.3 is 6.03 Å². The summed E-state index contributed by atoms with van der Waals surface area (Å²) in [4.78, 5) is 16.7. The maximum absolute atomic E-state index is 13.4. The number of aryl methyl sites for hydroxylation is 1. The fourth-order valence-electron chi connectivity index (χ4n) is 3.37. The quantitative estimate of drug-likeness (QED) is 0.884. The maximum Gasteiger partial charge on any atom is 0.317 e. The van der Waals surface area contributed by atoms with Gasteiger partial charge in [-0.3, -0.25) is 4.90 Å². The zero-order valence-corrected chi connectivity index (χ0v) is 15.4. The summed E-state index contributed by atoms with van der Waals surface area (Å²) >= 11 is 0. The molecule has 0 spiro atoms. The molecule has 0 radical (unpaired) electrons. The van der Waals surface area contributed by atoms with Gasteiger partial charge in [-0.1, -0.05) is 6.07 Å². The Morgan fingerprint density at radius 1 is 1.27 bits per heavy atom. The second kappa shape index (κ2) is 9.30. The van der Waals surface area contributed by atoms with Gasteiger partial charge in [0.05, 0.1) is 19.3 Å². The molecule has 1 atom stereocenters. The molecule has 2 amide bonds. The Balaban J connectivity index is 1.52. The first-order valence-corrected chi connectivity index (χ1v) is 9.31. The lowest BCUT2D eigenvalue weighted by atomic mass is 10.1. The van der Waals surface area contributed by atoms with Gasteiger partial charge in [-0.2, -0.15) is 0 Å². The average molecular weight is 365 g/mol. The summed E-state index contributed by atoms with van der Waals surface area (Å²) in [5.74, 6) is -0.284. The lowest BCUT2D eigenvalue weighted by Gasteiger charge is -2.31. The van der Waals surface area contributed by atoms with E-state index in [1.54, 1.807) is 6.07 Å². The third-order valence-electron chi connectivity index (χ3n) is 4.94. The van der Waals surface area contributed by atoms with Gasteiger partial charge in [0.25, 0.3) is 0 Å². The van der Waals surface area contributed by atoms with Gasteiger partial charge in [0.1, 0.15) is 5.82 Å². The number of hydrogen-bond donors (Lipinski definition) is 1. The summed E-state index contributed by atoms with van der Waals surface area (Å²) in [6.45, 7) is 8.30. The number of nitrogens with one attached hydrogen (secondary N) is 1. The second-order valence-corrected chi connectivity index (χ2v) is 6.93. The average Bonchev–Trinajstić information content (AvgIpc) is 2.89. The Hall–Kier alpha value is -1.70. The van der Waals surface area contributed by atoms with Gasteiger partial charge < -0.3 is 19.7 Å². The van der Waals surface area contributed by atoms with E-state index in [0.717, 1.165) is 50.4 Å². The Kier molecular flexibility index (Phi) is 6.82. The van der Waals surface area contributed by atoms with E-state index in [1.165, 1.54) is 12.1 Å². The minimum absolute atomic E-state index is 0.0113. The highest BCUT2D eigenvalue weighted by Gasteiger charge is 2.25. The molecule has 0 aliphatic carbocycles. The van der Waals surface area contributed by atoms with E-state index in [1.807, 2.05) is 11.8 Å². The van der Waals surface area contributed by atoms with Gasteiger partial charge in [0.15, 0.2) is 0 Å². The zero-order valence-electron chi connectivity index (χ0n) is 15.4. The highest BCUT2D eigenvalue weighted by molar-refractivity contribution is 5.74. The first kappa shape index (κ1) is 19.1. The monoisotopic (exact) mass is 365 g/mol. The molecule has 0 saturated carbocycles. The predicted molar refractivity (Wildman–Crippen MR) is 96.6 cm³/mol. The topological polar surface area (TPSA) is 54.0 Å². The van der Waals surface area contributed by atoms with Crippen LogP contribution in [0.25, 0.3) is 0 Å². The minimum Gasteiger partial charge on any atom is -0.379 e. The number of hydrogen-bond acceptors (Lipinski definition) is 4. The van der Waals surface area contributed by atoms with Crippen molar-refractivity contribution in [2.24, 2.45) is 0 Å². The molecule has 2 fully saturated rings. The molecule has 144 valence electrons. The number of rotatable bonds is 4. The SMILES string of the molecule is Cc1ccc(F)cc1CNC(=O)N1CCCO[C@H](CN2CCOCC2)C1. The van der Waals surface area contributed by atoms with Crippen LogP contribution >= 0.6 is 0 Å². The van der Waals surface area contributed by atoms with Crippen molar-refractivity contribution in [3.63, 3.8) is 0 Å². The molecule has 1 N–H and O–H groups in total. The van der Waals surface area contributed by atoms with Crippen molar-refractivity contribution in [2.75, 3.05) is 52.5 Å². The number of amides is 2. The number of benzene rings is 1. The van der Waals surface area contributed by atoms with Crippen LogP contribution in [-0.4, -0.2) is 74.5 Å². The molecule has 2 heterocycles. The second-order valence-electron chi connectivity index (χ2n) is 6.93. The van der Waals surface area contributed by atoms with Gasteiger partial charge in [-0.05, 0) is 36.6 Å². The van der Waals surface area contributed by atoms with Crippen LogP contribution in [0.1, 0.15) is 17.5 Å². The van der Waals surface area contributed by atoms with Crippen LogP contribution in [0.3, 0.4) is 0 Å². The molecule has 2 saturated heterocycles. The van der Waals surface area contributed by atoms with Crippen LogP contribution in [0.4, 0.5) is 9.18 Å². The van der Waals surface area contributed by atoms with Gasteiger partial charge in [0.2, 0.25) is 0 Å². The van der Waals surface area contributed by atoms with Crippen molar-refractivity contribution in [3.05, 3.63) is 35.1 Å². The van der Waals surface area contributed by atoms with Crippen LogP contribution in [-0.2, 0) is 16.0 Å². The first-order chi connectivity index (χ1) is 12.6. The van der Waals surface area contributed by atoms with Crippen molar-refractivity contribution in [3.8, 4) is 0 Å². The summed E-state index contributed by atoms with van der Waals surface area (Å²) in [5.41, 5.74) is 1.77. The Morgan fingerprint density at radius 3 is 2.88 bits per heavy atom. The molecule has 2 aliphatic heterocycles. The van der Waals surface area contributed by atoms with E-state index in [-0.39, 0.29) is 18.0 Å². The minimum atomic E-state index is -0.284. The molecule has 26 heavy (non-hydrogen) atoms. The molecule has 6 nitrogen and oxygen atoms in total. The number of carbonyl (C=O) groups is 1. The number of urea groups is 1. The summed E-state index contributed by atoms with van der Waals surface area (Å²) in [7, 11) is 0. The number of ether oxygens (including phenoxy) is 2. The van der Waals surface area contributed by atoms with Gasteiger partial charge in [0, 0.05) is 45.9 Å². The van der Waals surface area contributed by atoms with Crippen molar-refractivity contribution >= 4 is 6.03 Å². The molecule has 0 aromatic heterocycles. The van der Waals surface area contributed by atoms with E-state index < -0.39 is 0 Å². The highest BCUT2D eigenvalue weighted by atomic mass is 19.1. The summed E-state index contributed by atoms with van der Waals surface area (Å²) in [6, 6.07) is 4.52. The molecular formula is C19H28FN3O3. The molecule has 2 aliphatic rings. The number of morpholine rings is 1. The fourth-order valence-corrected chi connectivity index (χ4v) is 3.37. The molecule has 0 unspecified atom stereocenters. The molecule has 1 aromatic rings. The smallest absolute Gasteiger partial charge is 0.317 e. The molecule has 7 heteroatoms. The van der Waals surface area contributed by atoms with Crippen LogP contribution in [0.15, 0.2) is 18.2 Å². The molecule has 3 rings (SSSR count). The van der Waals surface area contributed by atoms with Gasteiger partial charge in [-0.15, -0.1) is 0 Å². The third-order valence-corrected chi connectivity index (χ3v) is 4.94. The van der Waals surface area contributed by atoms with Crippen molar-refractivity contribution in [2.45, 2.75) is 26.0 Å². The van der Waals surface area contributed by atoms with Crippen molar-refractivity contribution < 1.29 is 18.7 Å².